The van der Waals surface area contributed by atoms with Crippen LogP contribution in [-0.4, -0.2) is 25.7 Å². The molecule has 1 atom stereocenters. The predicted octanol–water partition coefficient (Wildman–Crippen LogP) is 1.60. The molecule has 0 aliphatic carbocycles. The second-order valence-corrected chi connectivity index (χ2v) is 3.54. The Kier molecular flexibility index (Phi) is 4.64. The lowest BCUT2D eigenvalue weighted by Gasteiger charge is -2.15. The molecule has 1 amide bonds. The van der Waals surface area contributed by atoms with E-state index in [0.29, 0.717) is 6.54 Å². The number of benzene rings is 1. The van der Waals surface area contributed by atoms with E-state index in [1.54, 1.807) is 7.11 Å². The van der Waals surface area contributed by atoms with Gasteiger partial charge in [-0.2, -0.15) is 0 Å². The third kappa shape index (κ3) is 4.21. The lowest BCUT2D eigenvalue weighted by molar-refractivity contribution is -0.119. The van der Waals surface area contributed by atoms with Crippen LogP contribution in [0.25, 0.3) is 0 Å². The van der Waals surface area contributed by atoms with E-state index in [4.69, 9.17) is 9.47 Å². The molecule has 0 radical (unpaired) electrons. The van der Waals surface area contributed by atoms with E-state index in [2.05, 4.69) is 5.32 Å². The highest BCUT2D eigenvalue weighted by molar-refractivity contribution is 5.72. The predicted molar refractivity (Wildman–Crippen MR) is 61.8 cm³/mol. The molecule has 0 heterocycles. The first-order valence-corrected chi connectivity index (χ1v) is 5.17. The summed E-state index contributed by atoms with van der Waals surface area (Å²) in [5.41, 5.74) is 0. The summed E-state index contributed by atoms with van der Waals surface area (Å²) in [4.78, 5) is 10.7. The van der Waals surface area contributed by atoms with Crippen molar-refractivity contribution in [3.05, 3.63) is 24.3 Å². The molecule has 1 aromatic carbocycles. The van der Waals surface area contributed by atoms with Crippen molar-refractivity contribution in [2.24, 2.45) is 0 Å². The van der Waals surface area contributed by atoms with Crippen LogP contribution in [0.15, 0.2) is 24.3 Å². The highest BCUT2D eigenvalue weighted by Crippen LogP contribution is 2.19. The van der Waals surface area contributed by atoms with Gasteiger partial charge in [0.05, 0.1) is 13.7 Å². The number of nitrogens with one attached hydrogen (secondary N) is 1. The Hall–Kier alpha value is -1.71. The highest BCUT2D eigenvalue weighted by Gasteiger charge is 2.05. The zero-order valence-corrected chi connectivity index (χ0v) is 9.82. The molecule has 88 valence electrons. The molecule has 0 spiro atoms. The van der Waals surface area contributed by atoms with Gasteiger partial charge in [-0.05, 0) is 19.1 Å². The fraction of sp³-hybridized carbons (Fsp3) is 0.417. The fourth-order valence-electron chi connectivity index (χ4n) is 1.24. The number of methoxy groups -OCH3 is 1. The van der Waals surface area contributed by atoms with Crippen molar-refractivity contribution in [2.75, 3.05) is 13.7 Å². The maximum absolute atomic E-state index is 10.7. The first kappa shape index (κ1) is 12.4. The lowest BCUT2D eigenvalue weighted by atomic mass is 10.3. The monoisotopic (exact) mass is 223 g/mol. The number of amides is 1. The van der Waals surface area contributed by atoms with E-state index < -0.39 is 0 Å². The van der Waals surface area contributed by atoms with Crippen molar-refractivity contribution in [2.45, 2.75) is 20.0 Å². The van der Waals surface area contributed by atoms with E-state index >= 15 is 0 Å². The number of hydrogen-bond acceptors (Lipinski definition) is 3. The van der Waals surface area contributed by atoms with E-state index in [-0.39, 0.29) is 12.0 Å². The van der Waals surface area contributed by atoms with Crippen LogP contribution in [0.2, 0.25) is 0 Å². The average Bonchev–Trinajstić information content (AvgIpc) is 2.26. The largest absolute Gasteiger partial charge is 0.497 e. The molecule has 4 nitrogen and oxygen atoms in total. The Balaban J connectivity index is 2.48. The number of hydrogen-bond donors (Lipinski definition) is 1. The van der Waals surface area contributed by atoms with Crippen molar-refractivity contribution < 1.29 is 14.3 Å². The van der Waals surface area contributed by atoms with Gasteiger partial charge in [-0.15, -0.1) is 0 Å². The maximum Gasteiger partial charge on any atom is 0.217 e. The summed E-state index contributed by atoms with van der Waals surface area (Å²) in [6, 6.07) is 7.38. The highest BCUT2D eigenvalue weighted by atomic mass is 16.5. The van der Waals surface area contributed by atoms with Crippen molar-refractivity contribution in [1.82, 2.24) is 5.32 Å². The Bertz CT molecular complexity index is 352. The molecule has 0 aliphatic rings. The maximum atomic E-state index is 10.7. The summed E-state index contributed by atoms with van der Waals surface area (Å²) in [5.74, 6) is 1.43. The normalized spacial score (nSPS) is 11.7. The lowest BCUT2D eigenvalue weighted by Crippen LogP contribution is -2.31. The summed E-state index contributed by atoms with van der Waals surface area (Å²) < 4.78 is 10.7. The van der Waals surface area contributed by atoms with Crippen molar-refractivity contribution in [3.63, 3.8) is 0 Å². The average molecular weight is 223 g/mol. The second kappa shape index (κ2) is 6.00. The van der Waals surface area contributed by atoms with Gasteiger partial charge in [0.1, 0.15) is 17.6 Å². The molecule has 1 rings (SSSR count). The fourth-order valence-corrected chi connectivity index (χ4v) is 1.24. The molecule has 4 heteroatoms. The summed E-state index contributed by atoms with van der Waals surface area (Å²) >= 11 is 0. The van der Waals surface area contributed by atoms with Crippen LogP contribution < -0.4 is 14.8 Å². The van der Waals surface area contributed by atoms with Gasteiger partial charge in [-0.3, -0.25) is 4.79 Å². The minimum absolute atomic E-state index is 0.0545. The van der Waals surface area contributed by atoms with Crippen LogP contribution in [0.4, 0.5) is 0 Å². The first-order valence-electron chi connectivity index (χ1n) is 5.17. The number of carbonyl (C=O) groups excluding carboxylic acids is 1. The molecule has 0 aromatic heterocycles. The Labute approximate surface area is 95.6 Å². The van der Waals surface area contributed by atoms with Gasteiger partial charge in [-0.1, -0.05) is 6.07 Å². The van der Waals surface area contributed by atoms with Crippen LogP contribution >= 0.6 is 0 Å². The molecule has 0 saturated heterocycles. The van der Waals surface area contributed by atoms with Gasteiger partial charge in [0.2, 0.25) is 5.91 Å². The van der Waals surface area contributed by atoms with Gasteiger partial charge in [0, 0.05) is 13.0 Å². The summed E-state index contributed by atoms with van der Waals surface area (Å²) in [6.45, 7) is 3.88. The van der Waals surface area contributed by atoms with E-state index in [0.717, 1.165) is 11.5 Å². The Morgan fingerprint density at radius 1 is 1.44 bits per heavy atom. The summed E-state index contributed by atoms with van der Waals surface area (Å²) in [7, 11) is 1.61. The molecule has 0 bridgehead atoms. The quantitative estimate of drug-likeness (QED) is 0.824. The van der Waals surface area contributed by atoms with Gasteiger partial charge < -0.3 is 14.8 Å². The number of carbonyl (C=O) groups is 1. The van der Waals surface area contributed by atoms with Crippen molar-refractivity contribution >= 4 is 5.91 Å². The molecule has 1 aromatic rings. The zero-order valence-electron chi connectivity index (χ0n) is 9.82. The van der Waals surface area contributed by atoms with Crippen LogP contribution in [0.5, 0.6) is 11.5 Å². The molecular formula is C12H17NO3. The van der Waals surface area contributed by atoms with Crippen molar-refractivity contribution in [1.29, 1.82) is 0 Å². The van der Waals surface area contributed by atoms with E-state index in [1.165, 1.54) is 6.92 Å². The van der Waals surface area contributed by atoms with Gasteiger partial charge in [0.15, 0.2) is 0 Å². The molecule has 0 saturated carbocycles. The molecule has 0 unspecified atom stereocenters. The van der Waals surface area contributed by atoms with E-state index in [9.17, 15) is 4.79 Å². The van der Waals surface area contributed by atoms with Crippen LogP contribution in [0.1, 0.15) is 13.8 Å². The zero-order chi connectivity index (χ0) is 12.0. The third-order valence-corrected chi connectivity index (χ3v) is 2.02. The summed E-state index contributed by atoms with van der Waals surface area (Å²) in [6.07, 6.45) is -0.0731. The Morgan fingerprint density at radius 3 is 2.75 bits per heavy atom. The van der Waals surface area contributed by atoms with Gasteiger partial charge in [0.25, 0.3) is 0 Å². The molecule has 0 fully saturated rings. The summed E-state index contributed by atoms with van der Waals surface area (Å²) in [5, 5.41) is 2.70. The molecular weight excluding hydrogens is 206 g/mol. The molecule has 16 heavy (non-hydrogen) atoms. The van der Waals surface area contributed by atoms with Crippen LogP contribution in [0, 0.1) is 0 Å². The SMILES string of the molecule is COc1cccc(O[C@@H](C)CNC(C)=O)c1. The second-order valence-electron chi connectivity index (χ2n) is 3.54. The van der Waals surface area contributed by atoms with E-state index in [1.807, 2.05) is 31.2 Å². The standard InChI is InChI=1S/C12H17NO3/c1-9(8-13-10(2)14)16-12-6-4-5-11(7-12)15-3/h4-7,9H,8H2,1-3H3,(H,13,14)/t9-/m0/s1. The van der Waals surface area contributed by atoms with Crippen LogP contribution in [-0.2, 0) is 4.79 Å². The van der Waals surface area contributed by atoms with Gasteiger partial charge in [-0.25, -0.2) is 0 Å². The molecule has 1 N–H and O–H groups in total. The third-order valence-electron chi connectivity index (χ3n) is 2.02. The van der Waals surface area contributed by atoms with Crippen molar-refractivity contribution in [3.8, 4) is 11.5 Å². The Morgan fingerprint density at radius 2 is 2.12 bits per heavy atom. The minimum Gasteiger partial charge on any atom is -0.497 e. The van der Waals surface area contributed by atoms with Gasteiger partial charge >= 0.3 is 0 Å². The van der Waals surface area contributed by atoms with Crippen LogP contribution in [0.3, 0.4) is 0 Å². The first-order chi connectivity index (χ1) is 7.61. The smallest absolute Gasteiger partial charge is 0.217 e. The minimum atomic E-state index is -0.0731. The number of ether oxygens (including phenoxy) is 2. The molecule has 0 aliphatic heterocycles. The topological polar surface area (TPSA) is 47.6 Å². The number of rotatable bonds is 5.